The molecule has 0 spiro atoms. The zero-order valence-electron chi connectivity index (χ0n) is 15.4. The molecule has 0 aliphatic rings. The van der Waals surface area contributed by atoms with Crippen molar-refractivity contribution >= 4 is 5.97 Å². The summed E-state index contributed by atoms with van der Waals surface area (Å²) in [5, 5.41) is 8.42. The number of ether oxygens (including phenoxy) is 6. The molecule has 0 aromatic heterocycles. The number of unbranched alkanes of at least 4 members (excludes halogenated alkanes) is 1. The maximum atomic E-state index is 10.2. The number of rotatable bonds is 21. The average Bonchev–Trinajstić information content (AvgIpc) is 2.60. The molecule has 0 atom stereocenters. The molecule has 0 saturated carbocycles. The summed E-state index contributed by atoms with van der Waals surface area (Å²) in [5.74, 6) is -0.862. The molecule has 0 aromatic carbocycles. The van der Waals surface area contributed by atoms with Crippen molar-refractivity contribution in [1.29, 1.82) is 0 Å². The van der Waals surface area contributed by atoms with Crippen molar-refractivity contribution in [1.82, 2.24) is 0 Å². The summed E-state index contributed by atoms with van der Waals surface area (Å²) in [5.41, 5.74) is 0. The lowest BCUT2D eigenvalue weighted by Crippen LogP contribution is -2.14. The second kappa shape index (κ2) is 21.3. The van der Waals surface area contributed by atoms with E-state index in [1.54, 1.807) is 0 Å². The van der Waals surface area contributed by atoms with Crippen LogP contribution in [0.1, 0.15) is 26.2 Å². The van der Waals surface area contributed by atoms with Crippen LogP contribution in [0.5, 0.6) is 0 Å². The summed E-state index contributed by atoms with van der Waals surface area (Å²) in [6.45, 7) is 8.30. The summed E-state index contributed by atoms with van der Waals surface area (Å²) < 4.78 is 31.8. The van der Waals surface area contributed by atoms with E-state index in [1.807, 2.05) is 0 Å². The Balaban J connectivity index is 2.97. The molecule has 8 nitrogen and oxygen atoms in total. The number of carboxylic acid groups (broad SMARTS) is 1. The fourth-order valence-corrected chi connectivity index (χ4v) is 1.61. The van der Waals surface area contributed by atoms with Crippen LogP contribution in [0.25, 0.3) is 0 Å². The number of aliphatic carboxylic acids is 1. The Hall–Kier alpha value is -0.770. The maximum Gasteiger partial charge on any atom is 0.305 e. The predicted octanol–water partition coefficient (Wildman–Crippen LogP) is 1.36. The zero-order chi connectivity index (χ0) is 18.4. The van der Waals surface area contributed by atoms with Gasteiger partial charge in [-0.1, -0.05) is 13.3 Å². The van der Waals surface area contributed by atoms with Gasteiger partial charge in [0, 0.05) is 6.61 Å². The minimum absolute atomic E-state index is 0.0148. The average molecular weight is 366 g/mol. The number of hydrogen-bond donors (Lipinski definition) is 1. The smallest absolute Gasteiger partial charge is 0.305 e. The molecule has 1 N–H and O–H groups in total. The Morgan fingerprint density at radius 2 is 0.920 bits per heavy atom. The lowest BCUT2D eigenvalue weighted by molar-refractivity contribution is -0.138. The van der Waals surface area contributed by atoms with E-state index in [0.717, 1.165) is 19.4 Å². The van der Waals surface area contributed by atoms with Crippen LogP contribution < -0.4 is 0 Å². The van der Waals surface area contributed by atoms with E-state index in [0.29, 0.717) is 66.1 Å². The molecule has 0 fully saturated rings. The highest BCUT2D eigenvalue weighted by atomic mass is 16.6. The molecule has 0 saturated heterocycles. The molecule has 8 heteroatoms. The monoisotopic (exact) mass is 366 g/mol. The first kappa shape index (κ1) is 24.2. The third kappa shape index (κ3) is 23.2. The van der Waals surface area contributed by atoms with Gasteiger partial charge in [-0.05, 0) is 6.42 Å². The maximum absolute atomic E-state index is 10.2. The van der Waals surface area contributed by atoms with Gasteiger partial charge in [-0.25, -0.2) is 0 Å². The minimum Gasteiger partial charge on any atom is -0.481 e. The highest BCUT2D eigenvalue weighted by Gasteiger charge is 1.96. The van der Waals surface area contributed by atoms with E-state index in [1.165, 1.54) is 0 Å². The number of hydrogen-bond acceptors (Lipinski definition) is 7. The molecule has 0 heterocycles. The fourth-order valence-electron chi connectivity index (χ4n) is 1.61. The van der Waals surface area contributed by atoms with Crippen LogP contribution in [0.4, 0.5) is 0 Å². The SMILES string of the molecule is CCCCOCCOCCOCCOCCOCCOCCC(=O)O. The molecule has 0 aliphatic carbocycles. The molecule has 0 bridgehead atoms. The van der Waals surface area contributed by atoms with Gasteiger partial charge in [0.2, 0.25) is 0 Å². The van der Waals surface area contributed by atoms with Crippen LogP contribution in [-0.4, -0.2) is 90.4 Å². The summed E-state index contributed by atoms with van der Waals surface area (Å²) in [4.78, 5) is 10.2. The molecule has 0 amide bonds. The van der Waals surface area contributed by atoms with E-state index in [9.17, 15) is 4.79 Å². The van der Waals surface area contributed by atoms with Crippen molar-refractivity contribution in [3.8, 4) is 0 Å². The molecular formula is C17H34O8. The second-order valence-corrected chi connectivity index (χ2v) is 5.17. The van der Waals surface area contributed by atoms with Gasteiger partial charge in [-0.15, -0.1) is 0 Å². The topological polar surface area (TPSA) is 92.7 Å². The minimum atomic E-state index is -0.862. The lowest BCUT2D eigenvalue weighted by Gasteiger charge is -2.08. The van der Waals surface area contributed by atoms with Crippen molar-refractivity contribution in [2.45, 2.75) is 26.2 Å². The first-order chi connectivity index (χ1) is 12.3. The predicted molar refractivity (Wildman–Crippen MR) is 92.1 cm³/mol. The highest BCUT2D eigenvalue weighted by molar-refractivity contribution is 5.66. The summed E-state index contributed by atoms with van der Waals surface area (Å²) in [7, 11) is 0. The van der Waals surface area contributed by atoms with Gasteiger partial charge < -0.3 is 33.5 Å². The Morgan fingerprint density at radius 1 is 0.600 bits per heavy atom. The Bertz CT molecular complexity index is 275. The van der Waals surface area contributed by atoms with Crippen LogP contribution in [0.15, 0.2) is 0 Å². The standard InChI is InChI=1S/C17H34O8/c1-2-3-5-20-7-9-22-11-13-24-15-16-25-14-12-23-10-8-21-6-4-17(18)19/h2-16H2,1H3,(H,18,19). The highest BCUT2D eigenvalue weighted by Crippen LogP contribution is 1.88. The van der Waals surface area contributed by atoms with Crippen LogP contribution in [0.2, 0.25) is 0 Å². The van der Waals surface area contributed by atoms with Gasteiger partial charge in [-0.3, -0.25) is 4.79 Å². The zero-order valence-corrected chi connectivity index (χ0v) is 15.4. The van der Waals surface area contributed by atoms with Crippen LogP contribution >= 0.6 is 0 Å². The van der Waals surface area contributed by atoms with Gasteiger partial charge in [0.15, 0.2) is 0 Å². The second-order valence-electron chi connectivity index (χ2n) is 5.17. The van der Waals surface area contributed by atoms with E-state index in [-0.39, 0.29) is 13.0 Å². The largest absolute Gasteiger partial charge is 0.481 e. The molecule has 0 unspecified atom stereocenters. The molecule has 0 aliphatic heterocycles. The Kier molecular flexibility index (Phi) is 20.6. The van der Waals surface area contributed by atoms with E-state index < -0.39 is 5.97 Å². The third-order valence-electron chi connectivity index (χ3n) is 2.96. The van der Waals surface area contributed by atoms with Crippen LogP contribution in [0.3, 0.4) is 0 Å². The molecule has 0 radical (unpaired) electrons. The van der Waals surface area contributed by atoms with Gasteiger partial charge in [0.25, 0.3) is 0 Å². The normalized spacial score (nSPS) is 11.1. The Morgan fingerprint density at radius 3 is 1.24 bits per heavy atom. The summed E-state index contributed by atoms with van der Waals surface area (Å²) >= 11 is 0. The third-order valence-corrected chi connectivity index (χ3v) is 2.96. The van der Waals surface area contributed by atoms with Crippen molar-refractivity contribution < 1.29 is 38.3 Å². The van der Waals surface area contributed by atoms with Crippen molar-refractivity contribution in [2.75, 3.05) is 79.3 Å². The van der Waals surface area contributed by atoms with Crippen LogP contribution in [0, 0.1) is 0 Å². The van der Waals surface area contributed by atoms with Gasteiger partial charge in [-0.2, -0.15) is 0 Å². The fraction of sp³-hybridized carbons (Fsp3) is 0.941. The van der Waals surface area contributed by atoms with Gasteiger partial charge >= 0.3 is 5.97 Å². The molecule has 0 rings (SSSR count). The molecule has 150 valence electrons. The van der Waals surface area contributed by atoms with Crippen molar-refractivity contribution in [3.05, 3.63) is 0 Å². The van der Waals surface area contributed by atoms with Crippen molar-refractivity contribution in [2.24, 2.45) is 0 Å². The quantitative estimate of drug-likeness (QED) is 0.304. The van der Waals surface area contributed by atoms with Gasteiger partial charge in [0.1, 0.15) is 0 Å². The van der Waals surface area contributed by atoms with E-state index in [4.69, 9.17) is 33.5 Å². The van der Waals surface area contributed by atoms with E-state index in [2.05, 4.69) is 6.92 Å². The number of carbonyl (C=O) groups is 1. The number of carboxylic acids is 1. The lowest BCUT2D eigenvalue weighted by atomic mass is 10.4. The Labute approximate surface area is 150 Å². The van der Waals surface area contributed by atoms with Crippen molar-refractivity contribution in [3.63, 3.8) is 0 Å². The van der Waals surface area contributed by atoms with Crippen LogP contribution in [-0.2, 0) is 33.2 Å². The summed E-state index contributed by atoms with van der Waals surface area (Å²) in [6, 6.07) is 0. The van der Waals surface area contributed by atoms with E-state index >= 15 is 0 Å². The van der Waals surface area contributed by atoms with Gasteiger partial charge in [0.05, 0.1) is 79.1 Å². The summed E-state index contributed by atoms with van der Waals surface area (Å²) in [6.07, 6.45) is 2.25. The molecule has 25 heavy (non-hydrogen) atoms. The molecular weight excluding hydrogens is 332 g/mol. The molecule has 0 aromatic rings. The first-order valence-electron chi connectivity index (χ1n) is 8.95. The first-order valence-corrected chi connectivity index (χ1v) is 8.95.